The van der Waals surface area contributed by atoms with Crippen LogP contribution in [0.5, 0.6) is 0 Å². The number of nitrogens with zero attached hydrogens (tertiary/aromatic N) is 3. The van der Waals surface area contributed by atoms with Crippen molar-refractivity contribution in [3.63, 3.8) is 0 Å². The van der Waals surface area contributed by atoms with E-state index in [4.69, 9.17) is 11.6 Å². The van der Waals surface area contributed by atoms with Crippen LogP contribution in [0.4, 0.5) is 18.9 Å². The number of anilines is 1. The number of amides is 1. The Balaban J connectivity index is 1.55. The molecule has 0 bridgehead atoms. The number of nitrogens with one attached hydrogen (secondary N) is 2. The van der Waals surface area contributed by atoms with Gasteiger partial charge in [-0.05, 0) is 62.6 Å². The van der Waals surface area contributed by atoms with Crippen LogP contribution in [0.1, 0.15) is 38.1 Å². The van der Waals surface area contributed by atoms with E-state index < -0.39 is 29.0 Å². The molecule has 0 radical (unpaired) electrons. The first-order valence-electron chi connectivity index (χ1n) is 11.0. The molecule has 11 heteroatoms. The van der Waals surface area contributed by atoms with Crippen molar-refractivity contribution >= 4 is 35.0 Å². The van der Waals surface area contributed by atoms with Gasteiger partial charge in [-0.1, -0.05) is 23.4 Å². The average Bonchev–Trinajstić information content (AvgIpc) is 3.27. The standard InChI is InChI=1S/C23H23ClF3N5OS/c1-14(31-11-3-2-4-12-31)22-29-30-23(32(22)16-7-5-15(24)6-8-16)34-13-19(33)28-18-10-9-17(25)20(26)21(18)27/h5-10,14H,2-4,11-13H2,1H3,(H,28,33)/p+1/t14-/m1/s1. The molecular formula is C23H24ClF3N5OS+. The summed E-state index contributed by atoms with van der Waals surface area (Å²) in [6.07, 6.45) is 3.56. The molecule has 1 saturated heterocycles. The molecule has 0 aliphatic carbocycles. The summed E-state index contributed by atoms with van der Waals surface area (Å²) in [5.74, 6) is -4.34. The maximum absolute atomic E-state index is 13.9. The maximum atomic E-state index is 13.9. The minimum Gasteiger partial charge on any atom is -0.326 e. The lowest BCUT2D eigenvalue weighted by Gasteiger charge is -2.29. The number of likely N-dealkylation sites (tertiary alicyclic amines) is 1. The lowest BCUT2D eigenvalue weighted by atomic mass is 10.1. The number of quaternary nitrogens is 1. The fourth-order valence-electron chi connectivity index (χ4n) is 4.05. The van der Waals surface area contributed by atoms with Crippen molar-refractivity contribution in [1.29, 1.82) is 0 Å². The van der Waals surface area contributed by atoms with E-state index in [-0.39, 0.29) is 11.8 Å². The van der Waals surface area contributed by atoms with Crippen molar-refractivity contribution in [2.45, 2.75) is 37.4 Å². The molecule has 2 N–H and O–H groups in total. The Kier molecular flexibility index (Phi) is 7.80. The third-order valence-electron chi connectivity index (χ3n) is 5.88. The number of benzene rings is 2. The van der Waals surface area contributed by atoms with Gasteiger partial charge in [-0.2, -0.15) is 0 Å². The lowest BCUT2D eigenvalue weighted by Crippen LogP contribution is -3.12. The number of hydrogen-bond acceptors (Lipinski definition) is 4. The van der Waals surface area contributed by atoms with Crippen molar-refractivity contribution < 1.29 is 22.9 Å². The van der Waals surface area contributed by atoms with Crippen LogP contribution in [0.25, 0.3) is 5.69 Å². The van der Waals surface area contributed by atoms with Gasteiger partial charge < -0.3 is 10.2 Å². The molecule has 180 valence electrons. The number of carbonyl (C=O) groups is 1. The quantitative estimate of drug-likeness (QED) is 0.369. The number of carbonyl (C=O) groups excluding carboxylic acids is 1. The zero-order chi connectivity index (χ0) is 24.2. The minimum absolute atomic E-state index is 0.0861. The summed E-state index contributed by atoms with van der Waals surface area (Å²) in [6.45, 7) is 4.22. The summed E-state index contributed by atoms with van der Waals surface area (Å²) in [5.41, 5.74) is 0.383. The van der Waals surface area contributed by atoms with Crippen LogP contribution >= 0.6 is 23.4 Å². The molecule has 1 aliphatic rings. The van der Waals surface area contributed by atoms with Crippen molar-refractivity contribution in [2.75, 3.05) is 24.2 Å². The van der Waals surface area contributed by atoms with E-state index in [0.29, 0.717) is 10.2 Å². The Morgan fingerprint density at radius 3 is 2.50 bits per heavy atom. The van der Waals surface area contributed by atoms with Gasteiger partial charge in [0.2, 0.25) is 5.91 Å². The Hall–Kier alpha value is -2.56. The van der Waals surface area contributed by atoms with Gasteiger partial charge in [-0.15, -0.1) is 10.2 Å². The summed E-state index contributed by atoms with van der Waals surface area (Å²) in [4.78, 5) is 13.8. The Morgan fingerprint density at radius 1 is 1.09 bits per heavy atom. The fourth-order valence-corrected chi connectivity index (χ4v) is 4.93. The van der Waals surface area contributed by atoms with E-state index >= 15 is 0 Å². The number of thioether (sulfide) groups is 1. The predicted octanol–water partition coefficient (Wildman–Crippen LogP) is 4.20. The van der Waals surface area contributed by atoms with Crippen LogP contribution in [0.15, 0.2) is 41.6 Å². The van der Waals surface area contributed by atoms with E-state index in [1.165, 1.54) is 11.3 Å². The number of rotatable bonds is 7. The third kappa shape index (κ3) is 5.39. The zero-order valence-corrected chi connectivity index (χ0v) is 20.0. The van der Waals surface area contributed by atoms with Crippen LogP contribution < -0.4 is 10.2 Å². The van der Waals surface area contributed by atoms with E-state index in [1.54, 1.807) is 12.1 Å². The third-order valence-corrected chi connectivity index (χ3v) is 7.06. The largest absolute Gasteiger partial charge is 0.326 e. The van der Waals surface area contributed by atoms with Crippen LogP contribution in [-0.2, 0) is 4.79 Å². The molecule has 2 aromatic carbocycles. The van der Waals surface area contributed by atoms with Crippen LogP contribution in [0, 0.1) is 17.5 Å². The molecule has 3 aromatic rings. The van der Waals surface area contributed by atoms with E-state index in [1.807, 2.05) is 16.7 Å². The van der Waals surface area contributed by atoms with Gasteiger partial charge in [0.15, 0.2) is 28.4 Å². The van der Waals surface area contributed by atoms with Crippen LogP contribution in [-0.4, -0.2) is 39.5 Å². The van der Waals surface area contributed by atoms with Crippen molar-refractivity contribution in [3.05, 3.63) is 64.7 Å². The van der Waals surface area contributed by atoms with Crippen LogP contribution in [0.3, 0.4) is 0 Å². The first kappa shape index (κ1) is 24.6. The van der Waals surface area contributed by atoms with Gasteiger partial charge in [0.05, 0.1) is 24.5 Å². The highest BCUT2D eigenvalue weighted by atomic mass is 35.5. The summed E-state index contributed by atoms with van der Waals surface area (Å²) >= 11 is 7.18. The molecular weight excluding hydrogens is 487 g/mol. The van der Waals surface area contributed by atoms with Gasteiger partial charge in [-0.25, -0.2) is 13.2 Å². The second kappa shape index (κ2) is 10.8. The fraction of sp³-hybridized carbons (Fsp3) is 0.348. The Bertz CT molecular complexity index is 1170. The van der Waals surface area contributed by atoms with E-state index in [0.717, 1.165) is 61.3 Å². The average molecular weight is 511 g/mol. The zero-order valence-electron chi connectivity index (χ0n) is 18.5. The molecule has 1 atom stereocenters. The van der Waals surface area contributed by atoms with E-state index in [9.17, 15) is 18.0 Å². The Morgan fingerprint density at radius 2 is 1.79 bits per heavy atom. The van der Waals surface area contributed by atoms with Gasteiger partial charge >= 0.3 is 0 Å². The monoisotopic (exact) mass is 510 g/mol. The Labute approximate surface area is 204 Å². The highest BCUT2D eigenvalue weighted by Gasteiger charge is 2.29. The maximum Gasteiger partial charge on any atom is 0.234 e. The number of hydrogen-bond donors (Lipinski definition) is 2. The van der Waals surface area contributed by atoms with Gasteiger partial charge in [0.1, 0.15) is 6.04 Å². The molecule has 0 saturated carbocycles. The van der Waals surface area contributed by atoms with Crippen molar-refractivity contribution in [2.24, 2.45) is 0 Å². The van der Waals surface area contributed by atoms with Gasteiger partial charge in [0, 0.05) is 10.7 Å². The second-order valence-electron chi connectivity index (χ2n) is 8.15. The molecule has 0 spiro atoms. The van der Waals surface area contributed by atoms with Crippen molar-refractivity contribution in [3.8, 4) is 5.69 Å². The smallest absolute Gasteiger partial charge is 0.234 e. The topological polar surface area (TPSA) is 64.2 Å². The molecule has 2 heterocycles. The lowest BCUT2D eigenvalue weighted by molar-refractivity contribution is -0.935. The molecule has 0 unspecified atom stereocenters. The highest BCUT2D eigenvalue weighted by Crippen LogP contribution is 2.26. The summed E-state index contributed by atoms with van der Waals surface area (Å²) in [6, 6.07) is 9.08. The number of aromatic nitrogens is 3. The molecule has 1 fully saturated rings. The number of halogens is 4. The van der Waals surface area contributed by atoms with Crippen molar-refractivity contribution in [1.82, 2.24) is 14.8 Å². The van der Waals surface area contributed by atoms with E-state index in [2.05, 4.69) is 22.4 Å². The van der Waals surface area contributed by atoms with Gasteiger partial charge in [0.25, 0.3) is 0 Å². The first-order chi connectivity index (χ1) is 16.3. The normalized spacial score (nSPS) is 15.3. The molecule has 6 nitrogen and oxygen atoms in total. The number of piperidine rings is 1. The molecule has 1 amide bonds. The molecule has 1 aliphatic heterocycles. The molecule has 4 rings (SSSR count). The summed E-state index contributed by atoms with van der Waals surface area (Å²) in [7, 11) is 0. The molecule has 1 aromatic heterocycles. The summed E-state index contributed by atoms with van der Waals surface area (Å²) < 4.78 is 42.4. The summed E-state index contributed by atoms with van der Waals surface area (Å²) in [5, 5.41) is 12.1. The second-order valence-corrected chi connectivity index (χ2v) is 9.53. The highest BCUT2D eigenvalue weighted by molar-refractivity contribution is 7.99. The predicted molar refractivity (Wildman–Crippen MR) is 125 cm³/mol. The van der Waals surface area contributed by atoms with Gasteiger partial charge in [-0.3, -0.25) is 9.36 Å². The molecule has 34 heavy (non-hydrogen) atoms. The SMILES string of the molecule is C[C@H](c1nnc(SCC(=O)Nc2ccc(F)c(F)c2F)n1-c1ccc(Cl)cc1)[NH+]1CCCCC1. The first-order valence-corrected chi connectivity index (χ1v) is 12.3. The van der Waals surface area contributed by atoms with Crippen LogP contribution in [0.2, 0.25) is 5.02 Å². The minimum atomic E-state index is -1.63.